The minimum absolute atomic E-state index is 0.116. The summed E-state index contributed by atoms with van der Waals surface area (Å²) >= 11 is 0. The molecule has 0 nitrogen and oxygen atoms in total. The minimum atomic E-state index is -2.32. The van der Waals surface area contributed by atoms with E-state index in [2.05, 4.69) is 20.8 Å². The number of halogens is 3. The van der Waals surface area contributed by atoms with Crippen LogP contribution in [0.2, 0.25) is 0 Å². The third kappa shape index (κ3) is 5.65. The topological polar surface area (TPSA) is 0 Å². The van der Waals surface area contributed by atoms with Gasteiger partial charge in [-0.15, -0.1) is 0 Å². The van der Waals surface area contributed by atoms with E-state index >= 15 is 0 Å². The molecule has 0 heterocycles. The van der Waals surface area contributed by atoms with Gasteiger partial charge in [0.05, 0.1) is 0 Å². The Morgan fingerprint density at radius 2 is 1.30 bits per heavy atom. The van der Waals surface area contributed by atoms with Crippen LogP contribution in [0.3, 0.4) is 0 Å². The predicted molar refractivity (Wildman–Crippen MR) is 80.9 cm³/mol. The lowest BCUT2D eigenvalue weighted by Crippen LogP contribution is -2.39. The molecule has 0 radical (unpaired) electrons. The van der Waals surface area contributed by atoms with Crippen molar-refractivity contribution in [2.45, 2.75) is 86.2 Å². The molecule has 0 unspecified atom stereocenters. The number of hydrogen-bond donors (Lipinski definition) is 0. The minimum Gasteiger partial charge on any atom is -0.247 e. The largest absolute Gasteiger partial charge is 0.248 e. The van der Waals surface area contributed by atoms with E-state index in [9.17, 15) is 13.2 Å². The molecule has 2 aliphatic rings. The van der Waals surface area contributed by atoms with Gasteiger partial charge in [-0.05, 0) is 36.0 Å². The zero-order chi connectivity index (χ0) is 16.1. The van der Waals surface area contributed by atoms with Gasteiger partial charge in [0.1, 0.15) is 6.17 Å². The standard InChI is InChI=1S/C8H15F.C7H12F2.C2H6/c1-6(2)8(3)4-7(9)5-8;1-5(2)6-3-7(8,9)4-6;1-2/h6-7H,4-5H2,1-3H3;5-6H,3-4H2,1-2H3;1-2H3. The number of alkyl halides is 3. The van der Waals surface area contributed by atoms with Crippen LogP contribution in [0.4, 0.5) is 13.2 Å². The molecule has 0 atom stereocenters. The zero-order valence-corrected chi connectivity index (χ0v) is 14.3. The second-order valence-electron chi connectivity index (χ2n) is 7.08. The van der Waals surface area contributed by atoms with Crippen LogP contribution >= 0.6 is 0 Å². The molecule has 2 fully saturated rings. The Balaban J connectivity index is 0.000000321. The molecule has 0 aliphatic heterocycles. The van der Waals surface area contributed by atoms with Crippen molar-refractivity contribution < 1.29 is 13.2 Å². The summed E-state index contributed by atoms with van der Waals surface area (Å²) in [7, 11) is 0. The summed E-state index contributed by atoms with van der Waals surface area (Å²) in [4.78, 5) is 0. The van der Waals surface area contributed by atoms with Crippen molar-refractivity contribution in [2.24, 2.45) is 23.2 Å². The molecule has 20 heavy (non-hydrogen) atoms. The first-order valence-electron chi connectivity index (χ1n) is 8.07. The van der Waals surface area contributed by atoms with Crippen molar-refractivity contribution in [3.05, 3.63) is 0 Å². The van der Waals surface area contributed by atoms with Gasteiger partial charge in [-0.25, -0.2) is 13.2 Å². The lowest BCUT2D eigenvalue weighted by molar-refractivity contribution is -0.122. The smallest absolute Gasteiger partial charge is 0.247 e. The van der Waals surface area contributed by atoms with E-state index in [1.165, 1.54) is 0 Å². The highest BCUT2D eigenvalue weighted by Gasteiger charge is 2.46. The van der Waals surface area contributed by atoms with Crippen molar-refractivity contribution in [3.8, 4) is 0 Å². The lowest BCUT2D eigenvalue weighted by Gasteiger charge is -2.44. The van der Waals surface area contributed by atoms with Gasteiger partial charge in [-0.3, -0.25) is 0 Å². The summed E-state index contributed by atoms with van der Waals surface area (Å²) in [6, 6.07) is 0. The fourth-order valence-electron chi connectivity index (χ4n) is 2.60. The van der Waals surface area contributed by atoms with Crippen LogP contribution in [0, 0.1) is 23.2 Å². The summed E-state index contributed by atoms with van der Waals surface area (Å²) in [6.07, 6.45) is 1.29. The van der Waals surface area contributed by atoms with Crippen LogP contribution in [0.25, 0.3) is 0 Å². The van der Waals surface area contributed by atoms with Gasteiger partial charge in [0.25, 0.3) is 0 Å². The molecule has 0 N–H and O–H groups in total. The fraction of sp³-hybridized carbons (Fsp3) is 1.00. The Kier molecular flexibility index (Phi) is 7.62. The van der Waals surface area contributed by atoms with Crippen molar-refractivity contribution in [2.75, 3.05) is 0 Å². The molecule has 0 aromatic heterocycles. The SMILES string of the molecule is CC.CC(C)C1(C)CC(F)C1.CC(C)C1CC(F)(F)C1. The average molecular weight is 294 g/mol. The maximum atomic E-state index is 12.4. The number of rotatable bonds is 2. The van der Waals surface area contributed by atoms with Crippen molar-refractivity contribution in [3.63, 3.8) is 0 Å². The van der Waals surface area contributed by atoms with Crippen molar-refractivity contribution >= 4 is 0 Å². The van der Waals surface area contributed by atoms with Crippen molar-refractivity contribution in [1.29, 1.82) is 0 Å². The van der Waals surface area contributed by atoms with E-state index in [4.69, 9.17) is 0 Å². The van der Waals surface area contributed by atoms with Crippen LogP contribution in [0.1, 0.15) is 74.1 Å². The van der Waals surface area contributed by atoms with Crippen LogP contribution in [-0.4, -0.2) is 12.1 Å². The highest BCUT2D eigenvalue weighted by atomic mass is 19.3. The Morgan fingerprint density at radius 3 is 1.40 bits per heavy atom. The Labute approximate surface area is 123 Å². The molecule has 3 heteroatoms. The predicted octanol–water partition coefficient (Wildman–Crippen LogP) is 6.49. The first-order valence-corrected chi connectivity index (χ1v) is 8.07. The van der Waals surface area contributed by atoms with E-state index in [1.54, 1.807) is 0 Å². The lowest BCUT2D eigenvalue weighted by atomic mass is 9.62. The van der Waals surface area contributed by atoms with E-state index in [0.29, 0.717) is 17.3 Å². The second kappa shape index (κ2) is 7.70. The molecule has 2 aliphatic carbocycles. The van der Waals surface area contributed by atoms with Crippen LogP contribution in [-0.2, 0) is 0 Å². The van der Waals surface area contributed by atoms with Gasteiger partial charge in [-0.2, -0.15) is 0 Å². The highest BCUT2D eigenvalue weighted by molar-refractivity contribution is 4.92. The van der Waals surface area contributed by atoms with E-state index in [1.807, 2.05) is 27.7 Å². The third-order valence-corrected chi connectivity index (χ3v) is 4.83. The fourth-order valence-corrected chi connectivity index (χ4v) is 2.60. The van der Waals surface area contributed by atoms with E-state index in [0.717, 1.165) is 12.8 Å². The van der Waals surface area contributed by atoms with Gasteiger partial charge in [0.15, 0.2) is 0 Å². The molecule has 0 saturated heterocycles. The second-order valence-corrected chi connectivity index (χ2v) is 7.08. The molecule has 2 rings (SSSR count). The summed E-state index contributed by atoms with van der Waals surface area (Å²) in [5.41, 5.74) is 0.319. The first-order chi connectivity index (χ1) is 9.06. The quantitative estimate of drug-likeness (QED) is 0.545. The van der Waals surface area contributed by atoms with Crippen LogP contribution < -0.4 is 0 Å². The van der Waals surface area contributed by atoms with Crippen molar-refractivity contribution in [1.82, 2.24) is 0 Å². The Hall–Kier alpha value is -0.210. The average Bonchev–Trinajstić information content (AvgIpc) is 2.27. The zero-order valence-electron chi connectivity index (χ0n) is 14.3. The van der Waals surface area contributed by atoms with Gasteiger partial charge in [0.2, 0.25) is 5.92 Å². The summed E-state index contributed by atoms with van der Waals surface area (Å²) in [5, 5.41) is 0. The van der Waals surface area contributed by atoms with Gasteiger partial charge in [0, 0.05) is 12.8 Å². The molecular weight excluding hydrogens is 261 g/mol. The monoisotopic (exact) mass is 294 g/mol. The van der Waals surface area contributed by atoms with Gasteiger partial charge < -0.3 is 0 Å². The summed E-state index contributed by atoms with van der Waals surface area (Å²) in [6.45, 7) is 14.5. The molecule has 2 saturated carbocycles. The molecule has 0 amide bonds. The van der Waals surface area contributed by atoms with Crippen LogP contribution in [0.5, 0.6) is 0 Å². The molecule has 0 bridgehead atoms. The summed E-state index contributed by atoms with van der Waals surface area (Å²) < 4.78 is 36.7. The maximum absolute atomic E-state index is 12.4. The third-order valence-electron chi connectivity index (χ3n) is 4.83. The Morgan fingerprint density at radius 1 is 0.900 bits per heavy atom. The molecule has 0 spiro atoms. The highest BCUT2D eigenvalue weighted by Crippen LogP contribution is 2.48. The maximum Gasteiger partial charge on any atom is 0.248 e. The molecule has 0 aromatic carbocycles. The molecule has 0 aromatic rings. The van der Waals surface area contributed by atoms with Crippen LogP contribution in [0.15, 0.2) is 0 Å². The van der Waals surface area contributed by atoms with Gasteiger partial charge >= 0.3 is 0 Å². The molecular formula is C17H33F3. The Bertz CT molecular complexity index is 257. The first kappa shape index (κ1) is 19.8. The normalized spacial score (nSPS) is 31.5. The van der Waals surface area contributed by atoms with E-state index < -0.39 is 12.1 Å². The number of hydrogen-bond acceptors (Lipinski definition) is 0. The summed E-state index contributed by atoms with van der Waals surface area (Å²) in [5.74, 6) is -0.969. The van der Waals surface area contributed by atoms with E-state index in [-0.39, 0.29) is 18.8 Å². The molecule has 122 valence electrons. The van der Waals surface area contributed by atoms with Gasteiger partial charge in [-0.1, -0.05) is 48.5 Å².